The molecule has 0 bridgehead atoms. The summed E-state index contributed by atoms with van der Waals surface area (Å²) >= 11 is 9.10. The first-order chi connectivity index (χ1) is 6.24. The van der Waals surface area contributed by atoms with Gasteiger partial charge in [-0.15, -0.1) is 12.3 Å². The van der Waals surface area contributed by atoms with Gasteiger partial charge in [-0.25, -0.2) is 0 Å². The molecule has 0 saturated heterocycles. The van der Waals surface area contributed by atoms with Gasteiger partial charge in [0.15, 0.2) is 0 Å². The molecular weight excluding hydrogens is 251 g/mol. The lowest BCUT2D eigenvalue weighted by Crippen LogP contribution is -1.96. The summed E-state index contributed by atoms with van der Waals surface area (Å²) in [6, 6.07) is 5.37. The fourth-order valence-corrected chi connectivity index (χ4v) is 1.61. The molecule has 0 amide bonds. The van der Waals surface area contributed by atoms with Crippen molar-refractivity contribution in [1.29, 1.82) is 0 Å². The molecule has 1 nitrogen and oxygen atoms in total. The SMILES string of the molecule is C#CCCOc1ccc(Cl)cc1Br. The average molecular weight is 260 g/mol. The standard InChI is InChI=1S/C10H8BrClO/c1-2-3-6-13-10-5-4-8(12)7-9(10)11/h1,4-5,7H,3,6H2. The highest BCUT2D eigenvalue weighted by Crippen LogP contribution is 2.27. The monoisotopic (exact) mass is 258 g/mol. The Hall–Kier alpha value is -0.650. The molecule has 0 heterocycles. The minimum Gasteiger partial charge on any atom is -0.491 e. The molecule has 0 N–H and O–H groups in total. The fraction of sp³-hybridized carbons (Fsp3) is 0.200. The Morgan fingerprint density at radius 2 is 2.31 bits per heavy atom. The van der Waals surface area contributed by atoms with Gasteiger partial charge in [-0.05, 0) is 34.1 Å². The summed E-state index contributed by atoms with van der Waals surface area (Å²) in [5.41, 5.74) is 0. The van der Waals surface area contributed by atoms with Crippen LogP contribution in [-0.4, -0.2) is 6.61 Å². The molecule has 0 spiro atoms. The van der Waals surface area contributed by atoms with Crippen LogP contribution in [-0.2, 0) is 0 Å². The highest BCUT2D eigenvalue weighted by Gasteiger charge is 2.00. The second-order valence-corrected chi connectivity index (χ2v) is 3.67. The van der Waals surface area contributed by atoms with E-state index in [0.717, 1.165) is 10.2 Å². The molecule has 0 unspecified atom stereocenters. The largest absolute Gasteiger partial charge is 0.491 e. The highest BCUT2D eigenvalue weighted by molar-refractivity contribution is 9.10. The molecule has 0 aromatic heterocycles. The Labute approximate surface area is 91.2 Å². The molecule has 1 aromatic rings. The molecule has 0 aliphatic rings. The van der Waals surface area contributed by atoms with E-state index in [4.69, 9.17) is 22.8 Å². The van der Waals surface area contributed by atoms with E-state index in [2.05, 4.69) is 21.9 Å². The minimum atomic E-state index is 0.525. The lowest BCUT2D eigenvalue weighted by Gasteiger charge is -2.05. The van der Waals surface area contributed by atoms with Crippen LogP contribution >= 0.6 is 27.5 Å². The first-order valence-corrected chi connectivity index (χ1v) is 4.92. The van der Waals surface area contributed by atoms with E-state index < -0.39 is 0 Å². The molecule has 1 rings (SSSR count). The Kier molecular flexibility index (Phi) is 4.14. The molecule has 3 heteroatoms. The zero-order valence-electron chi connectivity index (χ0n) is 6.89. The van der Waals surface area contributed by atoms with Crippen molar-refractivity contribution in [1.82, 2.24) is 0 Å². The molecule has 0 aliphatic heterocycles. The molecule has 0 atom stereocenters. The summed E-state index contributed by atoms with van der Waals surface area (Å²) in [5, 5.41) is 0.677. The lowest BCUT2D eigenvalue weighted by atomic mass is 10.3. The maximum Gasteiger partial charge on any atom is 0.133 e. The molecule has 1 aromatic carbocycles. The second kappa shape index (κ2) is 5.16. The smallest absolute Gasteiger partial charge is 0.133 e. The number of terminal acetylenes is 1. The third-order valence-corrected chi connectivity index (χ3v) is 2.25. The van der Waals surface area contributed by atoms with Crippen LogP contribution in [0.2, 0.25) is 5.02 Å². The first-order valence-electron chi connectivity index (χ1n) is 3.75. The zero-order valence-corrected chi connectivity index (χ0v) is 9.23. The number of benzene rings is 1. The summed E-state index contributed by atoms with van der Waals surface area (Å²) < 4.78 is 6.23. The van der Waals surface area contributed by atoms with Crippen molar-refractivity contribution in [3.63, 3.8) is 0 Å². The van der Waals surface area contributed by atoms with E-state index >= 15 is 0 Å². The number of ether oxygens (including phenoxy) is 1. The van der Waals surface area contributed by atoms with Gasteiger partial charge in [-0.2, -0.15) is 0 Å². The van der Waals surface area contributed by atoms with Crippen LogP contribution in [0.15, 0.2) is 22.7 Å². The van der Waals surface area contributed by atoms with Crippen molar-refractivity contribution in [2.24, 2.45) is 0 Å². The van der Waals surface area contributed by atoms with Crippen LogP contribution in [0.25, 0.3) is 0 Å². The maximum atomic E-state index is 5.76. The van der Waals surface area contributed by atoms with Gasteiger partial charge in [0.05, 0.1) is 11.1 Å². The van der Waals surface area contributed by atoms with Crippen molar-refractivity contribution >= 4 is 27.5 Å². The van der Waals surface area contributed by atoms with E-state index in [0.29, 0.717) is 18.1 Å². The van der Waals surface area contributed by atoms with Gasteiger partial charge < -0.3 is 4.74 Å². The van der Waals surface area contributed by atoms with Crippen LogP contribution in [0.1, 0.15) is 6.42 Å². The Morgan fingerprint density at radius 3 is 2.92 bits per heavy atom. The summed E-state index contributed by atoms with van der Waals surface area (Å²) in [5.74, 6) is 3.27. The molecular formula is C10H8BrClO. The molecule has 13 heavy (non-hydrogen) atoms. The zero-order chi connectivity index (χ0) is 9.68. The van der Waals surface area contributed by atoms with Crippen molar-refractivity contribution in [3.8, 4) is 18.1 Å². The Balaban J connectivity index is 2.62. The minimum absolute atomic E-state index is 0.525. The van der Waals surface area contributed by atoms with Crippen molar-refractivity contribution in [3.05, 3.63) is 27.7 Å². The number of halogens is 2. The molecule has 0 fully saturated rings. The molecule has 68 valence electrons. The van der Waals surface area contributed by atoms with E-state index in [-0.39, 0.29) is 0 Å². The van der Waals surface area contributed by atoms with Crippen LogP contribution in [0, 0.1) is 12.3 Å². The normalized spacial score (nSPS) is 9.31. The van der Waals surface area contributed by atoms with E-state index in [1.807, 2.05) is 6.07 Å². The topological polar surface area (TPSA) is 9.23 Å². The van der Waals surface area contributed by atoms with Crippen molar-refractivity contribution in [2.75, 3.05) is 6.61 Å². The lowest BCUT2D eigenvalue weighted by molar-refractivity contribution is 0.325. The van der Waals surface area contributed by atoms with Crippen LogP contribution < -0.4 is 4.74 Å². The maximum absolute atomic E-state index is 5.76. The first kappa shape index (κ1) is 10.4. The highest BCUT2D eigenvalue weighted by atomic mass is 79.9. The van der Waals surface area contributed by atoms with Gasteiger partial charge in [0.2, 0.25) is 0 Å². The van der Waals surface area contributed by atoms with Crippen LogP contribution in [0.4, 0.5) is 0 Å². The van der Waals surface area contributed by atoms with Gasteiger partial charge >= 0.3 is 0 Å². The van der Waals surface area contributed by atoms with E-state index in [1.54, 1.807) is 12.1 Å². The van der Waals surface area contributed by atoms with Crippen LogP contribution in [0.3, 0.4) is 0 Å². The molecule has 0 saturated carbocycles. The molecule has 0 aliphatic carbocycles. The summed E-state index contributed by atoms with van der Waals surface area (Å²) in [6.45, 7) is 0.525. The second-order valence-electron chi connectivity index (χ2n) is 2.38. The van der Waals surface area contributed by atoms with Gasteiger partial charge in [0.1, 0.15) is 5.75 Å². The van der Waals surface area contributed by atoms with Crippen LogP contribution in [0.5, 0.6) is 5.75 Å². The molecule has 0 radical (unpaired) electrons. The van der Waals surface area contributed by atoms with Gasteiger partial charge in [0.25, 0.3) is 0 Å². The van der Waals surface area contributed by atoms with E-state index in [9.17, 15) is 0 Å². The van der Waals surface area contributed by atoms with Gasteiger partial charge in [-0.3, -0.25) is 0 Å². The van der Waals surface area contributed by atoms with E-state index in [1.165, 1.54) is 0 Å². The Morgan fingerprint density at radius 1 is 1.54 bits per heavy atom. The number of hydrogen-bond donors (Lipinski definition) is 0. The summed E-state index contributed by atoms with van der Waals surface area (Å²) in [7, 11) is 0. The quantitative estimate of drug-likeness (QED) is 0.596. The predicted molar refractivity (Wildman–Crippen MR) is 58.1 cm³/mol. The Bertz CT molecular complexity index is 330. The number of rotatable bonds is 3. The summed E-state index contributed by atoms with van der Waals surface area (Å²) in [4.78, 5) is 0. The van der Waals surface area contributed by atoms with Crippen molar-refractivity contribution in [2.45, 2.75) is 6.42 Å². The average Bonchev–Trinajstić information content (AvgIpc) is 2.09. The third kappa shape index (κ3) is 3.30. The van der Waals surface area contributed by atoms with Gasteiger partial charge in [-0.1, -0.05) is 11.6 Å². The van der Waals surface area contributed by atoms with Crippen molar-refractivity contribution < 1.29 is 4.74 Å². The third-order valence-electron chi connectivity index (χ3n) is 1.40. The summed E-state index contributed by atoms with van der Waals surface area (Å²) in [6.07, 6.45) is 5.70. The fourth-order valence-electron chi connectivity index (χ4n) is 0.812. The number of hydrogen-bond acceptors (Lipinski definition) is 1. The van der Waals surface area contributed by atoms with Gasteiger partial charge in [0, 0.05) is 11.4 Å². The predicted octanol–water partition coefficient (Wildman–Crippen LogP) is 3.50.